The fraction of sp³-hybridized carbons (Fsp3) is 0.273. The molecule has 0 bridgehead atoms. The molecule has 0 heterocycles. The highest BCUT2D eigenvalue weighted by molar-refractivity contribution is 5.57. The molecule has 1 aromatic carbocycles. The van der Waals surface area contributed by atoms with Crippen LogP contribution in [0.25, 0.3) is 6.08 Å². The Morgan fingerprint density at radius 1 is 1.50 bits per heavy atom. The topological polar surface area (TPSA) is 29.5 Å². The predicted molar refractivity (Wildman–Crippen MR) is 53.7 cm³/mol. The Balaban J connectivity index is 2.87. The summed E-state index contributed by atoms with van der Waals surface area (Å²) in [6, 6.07) is 4.32. The van der Waals surface area contributed by atoms with E-state index in [-0.39, 0.29) is 12.4 Å². The molecular weight excluding hydrogens is 183 g/mol. The Morgan fingerprint density at radius 3 is 2.93 bits per heavy atom. The second-order valence-corrected chi connectivity index (χ2v) is 2.80. The molecule has 1 rings (SSSR count). The predicted octanol–water partition coefficient (Wildman–Crippen LogP) is 2.23. The van der Waals surface area contributed by atoms with Gasteiger partial charge in [-0.25, -0.2) is 4.39 Å². The van der Waals surface area contributed by atoms with Crippen molar-refractivity contribution >= 4 is 6.08 Å². The van der Waals surface area contributed by atoms with E-state index in [0.717, 1.165) is 0 Å². The van der Waals surface area contributed by atoms with Gasteiger partial charge in [-0.2, -0.15) is 0 Å². The first kappa shape index (κ1) is 10.7. The van der Waals surface area contributed by atoms with E-state index in [0.29, 0.717) is 17.7 Å². The molecule has 0 aliphatic heterocycles. The van der Waals surface area contributed by atoms with Crippen LogP contribution in [0.4, 0.5) is 4.39 Å². The van der Waals surface area contributed by atoms with Gasteiger partial charge in [0.25, 0.3) is 0 Å². The number of hydrogen-bond acceptors (Lipinski definition) is 2. The Hall–Kier alpha value is -1.35. The van der Waals surface area contributed by atoms with Crippen LogP contribution in [0.15, 0.2) is 24.3 Å². The van der Waals surface area contributed by atoms with E-state index in [2.05, 4.69) is 0 Å². The maximum Gasteiger partial charge on any atom is 0.126 e. The molecule has 0 unspecified atom stereocenters. The number of halogens is 1. The van der Waals surface area contributed by atoms with Crippen LogP contribution < -0.4 is 4.74 Å². The molecule has 2 nitrogen and oxygen atoms in total. The number of methoxy groups -OCH3 is 1. The van der Waals surface area contributed by atoms with Crippen molar-refractivity contribution in [3.05, 3.63) is 35.7 Å². The van der Waals surface area contributed by atoms with Gasteiger partial charge in [-0.05, 0) is 24.6 Å². The van der Waals surface area contributed by atoms with Crippen LogP contribution in [0.3, 0.4) is 0 Å². The SMILES string of the molecule is COc1ccc(F)cc1C=CCCO. The first-order valence-electron chi connectivity index (χ1n) is 4.39. The third-order valence-corrected chi connectivity index (χ3v) is 1.78. The molecule has 3 heteroatoms. The van der Waals surface area contributed by atoms with E-state index in [4.69, 9.17) is 9.84 Å². The minimum absolute atomic E-state index is 0.0914. The molecule has 0 aliphatic rings. The van der Waals surface area contributed by atoms with Crippen molar-refractivity contribution in [2.24, 2.45) is 0 Å². The van der Waals surface area contributed by atoms with Crippen LogP contribution in [-0.2, 0) is 0 Å². The van der Waals surface area contributed by atoms with Gasteiger partial charge in [0.2, 0.25) is 0 Å². The highest BCUT2D eigenvalue weighted by Gasteiger charge is 2.00. The van der Waals surface area contributed by atoms with Crippen LogP contribution in [0, 0.1) is 5.82 Å². The molecule has 14 heavy (non-hydrogen) atoms. The Bertz CT molecular complexity index is 321. The number of aliphatic hydroxyl groups is 1. The van der Waals surface area contributed by atoms with Crippen molar-refractivity contribution in [3.8, 4) is 5.75 Å². The van der Waals surface area contributed by atoms with Gasteiger partial charge in [-0.3, -0.25) is 0 Å². The third-order valence-electron chi connectivity index (χ3n) is 1.78. The van der Waals surface area contributed by atoms with Gasteiger partial charge < -0.3 is 9.84 Å². The smallest absolute Gasteiger partial charge is 0.126 e. The van der Waals surface area contributed by atoms with Crippen molar-refractivity contribution in [2.75, 3.05) is 13.7 Å². The summed E-state index contributed by atoms with van der Waals surface area (Å²) in [6.45, 7) is 0.0914. The summed E-state index contributed by atoms with van der Waals surface area (Å²) in [5.41, 5.74) is 0.681. The molecule has 0 fully saturated rings. The number of benzene rings is 1. The summed E-state index contributed by atoms with van der Waals surface area (Å²) in [7, 11) is 1.54. The first-order valence-corrected chi connectivity index (χ1v) is 4.39. The van der Waals surface area contributed by atoms with Crippen molar-refractivity contribution in [2.45, 2.75) is 6.42 Å². The maximum absolute atomic E-state index is 12.9. The van der Waals surface area contributed by atoms with E-state index in [1.54, 1.807) is 18.2 Å². The fourth-order valence-corrected chi connectivity index (χ4v) is 1.12. The van der Waals surface area contributed by atoms with Crippen LogP contribution in [-0.4, -0.2) is 18.8 Å². The molecule has 0 aliphatic carbocycles. The quantitative estimate of drug-likeness (QED) is 0.800. The normalized spacial score (nSPS) is 10.8. The molecule has 1 aromatic rings. The highest BCUT2D eigenvalue weighted by Crippen LogP contribution is 2.20. The van der Waals surface area contributed by atoms with Crippen LogP contribution in [0.1, 0.15) is 12.0 Å². The minimum Gasteiger partial charge on any atom is -0.496 e. The lowest BCUT2D eigenvalue weighted by atomic mass is 10.1. The van der Waals surface area contributed by atoms with Crippen molar-refractivity contribution in [1.82, 2.24) is 0 Å². The monoisotopic (exact) mass is 196 g/mol. The first-order chi connectivity index (χ1) is 6.77. The van der Waals surface area contributed by atoms with E-state index in [9.17, 15) is 4.39 Å². The lowest BCUT2D eigenvalue weighted by Gasteiger charge is -2.03. The van der Waals surface area contributed by atoms with Crippen molar-refractivity contribution < 1.29 is 14.2 Å². The van der Waals surface area contributed by atoms with Crippen LogP contribution in [0.5, 0.6) is 5.75 Å². The molecule has 76 valence electrons. The van der Waals surface area contributed by atoms with Gasteiger partial charge in [0.05, 0.1) is 7.11 Å². The van der Waals surface area contributed by atoms with E-state index in [1.165, 1.54) is 19.2 Å². The second kappa shape index (κ2) is 5.40. The standard InChI is InChI=1S/C11H13FO2/c1-14-11-6-5-10(12)8-9(11)4-2-3-7-13/h2,4-6,8,13H,3,7H2,1H3. The number of aliphatic hydroxyl groups excluding tert-OH is 1. The summed E-state index contributed by atoms with van der Waals surface area (Å²) in [5.74, 6) is 0.329. The number of hydrogen-bond donors (Lipinski definition) is 1. The van der Waals surface area contributed by atoms with Crippen LogP contribution >= 0.6 is 0 Å². The van der Waals surface area contributed by atoms with Gasteiger partial charge in [0.15, 0.2) is 0 Å². The number of ether oxygens (including phenoxy) is 1. The van der Waals surface area contributed by atoms with Crippen molar-refractivity contribution in [3.63, 3.8) is 0 Å². The van der Waals surface area contributed by atoms with Crippen LogP contribution in [0.2, 0.25) is 0 Å². The molecule has 0 saturated carbocycles. The van der Waals surface area contributed by atoms with Gasteiger partial charge in [0, 0.05) is 12.2 Å². The van der Waals surface area contributed by atoms with Crippen molar-refractivity contribution in [1.29, 1.82) is 0 Å². The average Bonchev–Trinajstić information content (AvgIpc) is 2.19. The summed E-state index contributed by atoms with van der Waals surface area (Å²) < 4.78 is 17.9. The highest BCUT2D eigenvalue weighted by atomic mass is 19.1. The van der Waals surface area contributed by atoms with E-state index in [1.807, 2.05) is 0 Å². The largest absolute Gasteiger partial charge is 0.496 e. The lowest BCUT2D eigenvalue weighted by molar-refractivity contribution is 0.303. The average molecular weight is 196 g/mol. The van der Waals surface area contributed by atoms with Gasteiger partial charge in [-0.1, -0.05) is 12.2 Å². The zero-order chi connectivity index (χ0) is 10.4. The van der Waals surface area contributed by atoms with Gasteiger partial charge in [-0.15, -0.1) is 0 Å². The molecule has 0 aromatic heterocycles. The Kier molecular flexibility index (Phi) is 4.13. The molecule has 0 spiro atoms. The molecular formula is C11H13FO2. The van der Waals surface area contributed by atoms with Gasteiger partial charge >= 0.3 is 0 Å². The Morgan fingerprint density at radius 2 is 2.29 bits per heavy atom. The summed E-state index contributed by atoms with van der Waals surface area (Å²) >= 11 is 0. The summed E-state index contributed by atoms with van der Waals surface area (Å²) in [6.07, 6.45) is 4.06. The molecule has 1 N–H and O–H groups in total. The fourth-order valence-electron chi connectivity index (χ4n) is 1.12. The molecule has 0 atom stereocenters. The minimum atomic E-state index is -0.297. The summed E-state index contributed by atoms with van der Waals surface area (Å²) in [4.78, 5) is 0. The van der Waals surface area contributed by atoms with Gasteiger partial charge in [0.1, 0.15) is 11.6 Å². The molecule has 0 radical (unpaired) electrons. The lowest BCUT2D eigenvalue weighted by Crippen LogP contribution is -1.88. The Labute approximate surface area is 82.6 Å². The van der Waals surface area contributed by atoms with E-state index < -0.39 is 0 Å². The number of rotatable bonds is 4. The molecule has 0 saturated heterocycles. The zero-order valence-electron chi connectivity index (χ0n) is 8.03. The second-order valence-electron chi connectivity index (χ2n) is 2.80. The maximum atomic E-state index is 12.9. The third kappa shape index (κ3) is 2.85. The van der Waals surface area contributed by atoms with E-state index >= 15 is 0 Å². The zero-order valence-corrected chi connectivity index (χ0v) is 8.03. The summed E-state index contributed by atoms with van der Waals surface area (Å²) in [5, 5.41) is 8.57. The molecule has 0 amide bonds.